The number of amides is 1. The van der Waals surface area contributed by atoms with Gasteiger partial charge < -0.3 is 10.1 Å². The number of hydrogen-bond acceptors (Lipinski definition) is 4. The van der Waals surface area contributed by atoms with Crippen molar-refractivity contribution in [3.63, 3.8) is 0 Å². The molecule has 1 rings (SSSR count). The molecule has 0 unspecified atom stereocenters. The number of nitrogens with zero attached hydrogens (tertiary/aromatic N) is 1. The second-order valence-electron chi connectivity index (χ2n) is 5.23. The number of ether oxygens (including phenoxy) is 1. The lowest BCUT2D eigenvalue weighted by molar-refractivity contribution is -0.123. The van der Waals surface area contributed by atoms with E-state index in [1.165, 1.54) is 32.3 Å². The highest BCUT2D eigenvalue weighted by molar-refractivity contribution is 7.89. The van der Waals surface area contributed by atoms with E-state index in [2.05, 4.69) is 12.2 Å². The minimum atomic E-state index is -3.55. The van der Waals surface area contributed by atoms with E-state index in [-0.39, 0.29) is 28.2 Å². The van der Waals surface area contributed by atoms with Crippen molar-refractivity contribution < 1.29 is 17.9 Å². The van der Waals surface area contributed by atoms with E-state index in [4.69, 9.17) is 16.3 Å². The van der Waals surface area contributed by atoms with E-state index in [0.29, 0.717) is 6.54 Å². The summed E-state index contributed by atoms with van der Waals surface area (Å²) in [6, 6.07) is 4.16. The number of nitrogens with one attached hydrogen (secondary N) is 1. The van der Waals surface area contributed by atoms with E-state index in [0.717, 1.165) is 23.6 Å². The highest BCUT2D eigenvalue weighted by Crippen LogP contribution is 2.28. The number of sulfonamides is 1. The molecule has 0 bridgehead atoms. The van der Waals surface area contributed by atoms with Crippen molar-refractivity contribution in [2.45, 2.75) is 31.1 Å². The Morgan fingerprint density at radius 3 is 2.57 bits per heavy atom. The molecule has 1 aromatic rings. The maximum Gasteiger partial charge on any atom is 0.257 e. The van der Waals surface area contributed by atoms with Crippen LogP contribution in [0.25, 0.3) is 0 Å². The molecule has 0 aliphatic carbocycles. The molecule has 0 atom stereocenters. The summed E-state index contributed by atoms with van der Waals surface area (Å²) in [6.07, 6.45) is 3.08. The molecule has 0 saturated carbocycles. The van der Waals surface area contributed by atoms with E-state index >= 15 is 0 Å². The summed E-state index contributed by atoms with van der Waals surface area (Å²) in [6.45, 7) is 2.54. The molecule has 0 aliphatic rings. The van der Waals surface area contributed by atoms with Crippen LogP contribution in [0.2, 0.25) is 5.02 Å². The Hall–Kier alpha value is -1.31. The van der Waals surface area contributed by atoms with Crippen LogP contribution < -0.4 is 10.1 Å². The summed E-state index contributed by atoms with van der Waals surface area (Å²) in [7, 11) is -0.669. The van der Waals surface area contributed by atoms with Crippen LogP contribution >= 0.6 is 11.6 Å². The number of rotatable bonds is 9. The van der Waals surface area contributed by atoms with Crippen molar-refractivity contribution in [2.75, 3.05) is 27.2 Å². The lowest BCUT2D eigenvalue weighted by Crippen LogP contribution is -2.29. The van der Waals surface area contributed by atoms with Gasteiger partial charge in [0.05, 0.1) is 9.92 Å². The lowest BCUT2D eigenvalue weighted by Gasteiger charge is -2.13. The van der Waals surface area contributed by atoms with Gasteiger partial charge in [-0.25, -0.2) is 12.7 Å². The molecule has 0 aliphatic heterocycles. The SMILES string of the molecule is CCCCCNC(=O)COc1ccc(S(=O)(=O)N(C)C)cc1Cl. The van der Waals surface area contributed by atoms with E-state index in [9.17, 15) is 13.2 Å². The topological polar surface area (TPSA) is 75.7 Å². The molecule has 8 heteroatoms. The van der Waals surface area contributed by atoms with E-state index in [1.807, 2.05) is 0 Å². The monoisotopic (exact) mass is 362 g/mol. The first kappa shape index (κ1) is 19.7. The smallest absolute Gasteiger partial charge is 0.257 e. The zero-order valence-electron chi connectivity index (χ0n) is 13.6. The van der Waals surface area contributed by atoms with Crippen molar-refractivity contribution in [3.05, 3.63) is 23.2 Å². The molecule has 1 N–H and O–H groups in total. The van der Waals surface area contributed by atoms with Crippen LogP contribution in [0.5, 0.6) is 5.75 Å². The molecule has 0 aromatic heterocycles. The van der Waals surface area contributed by atoms with Gasteiger partial charge in [-0.3, -0.25) is 4.79 Å². The van der Waals surface area contributed by atoms with Crippen molar-refractivity contribution in [3.8, 4) is 5.75 Å². The Bertz CT molecular complexity index is 632. The van der Waals surface area contributed by atoms with Gasteiger partial charge in [-0.1, -0.05) is 31.4 Å². The second kappa shape index (κ2) is 9.10. The first-order valence-electron chi connectivity index (χ1n) is 7.40. The molecular formula is C15H23ClN2O4S. The number of unbranched alkanes of at least 4 members (excludes halogenated alkanes) is 2. The van der Waals surface area contributed by atoms with Gasteiger partial charge in [0, 0.05) is 20.6 Å². The summed E-state index contributed by atoms with van der Waals surface area (Å²) in [5.41, 5.74) is 0. The Labute approximate surface area is 142 Å². The van der Waals surface area contributed by atoms with Crippen molar-refractivity contribution in [2.24, 2.45) is 0 Å². The fourth-order valence-electron chi connectivity index (χ4n) is 1.77. The van der Waals surface area contributed by atoms with Gasteiger partial charge in [0.25, 0.3) is 5.91 Å². The third-order valence-electron chi connectivity index (χ3n) is 3.14. The molecule has 130 valence electrons. The number of benzene rings is 1. The van der Waals surface area contributed by atoms with Gasteiger partial charge in [0.1, 0.15) is 5.75 Å². The van der Waals surface area contributed by atoms with Crippen LogP contribution in [0.1, 0.15) is 26.2 Å². The Morgan fingerprint density at radius 1 is 1.30 bits per heavy atom. The summed E-state index contributed by atoms with van der Waals surface area (Å²) < 4.78 is 30.4. The minimum Gasteiger partial charge on any atom is -0.482 e. The Morgan fingerprint density at radius 2 is 2.00 bits per heavy atom. The zero-order chi connectivity index (χ0) is 17.5. The molecule has 23 heavy (non-hydrogen) atoms. The number of carbonyl (C=O) groups is 1. The molecule has 0 radical (unpaired) electrons. The fraction of sp³-hybridized carbons (Fsp3) is 0.533. The summed E-state index contributed by atoms with van der Waals surface area (Å²) in [5, 5.41) is 2.89. The first-order chi connectivity index (χ1) is 10.8. The number of carbonyl (C=O) groups excluding carboxylic acids is 1. The van der Waals surface area contributed by atoms with Gasteiger partial charge in [-0.2, -0.15) is 0 Å². The highest BCUT2D eigenvalue weighted by atomic mass is 35.5. The van der Waals surface area contributed by atoms with Crippen LogP contribution in [-0.2, 0) is 14.8 Å². The summed E-state index contributed by atoms with van der Waals surface area (Å²) in [4.78, 5) is 11.7. The molecular weight excluding hydrogens is 340 g/mol. The predicted molar refractivity (Wildman–Crippen MR) is 90.4 cm³/mol. The van der Waals surface area contributed by atoms with Crippen LogP contribution in [0.4, 0.5) is 0 Å². The van der Waals surface area contributed by atoms with E-state index in [1.54, 1.807) is 0 Å². The van der Waals surface area contributed by atoms with Gasteiger partial charge in [-0.05, 0) is 24.6 Å². The van der Waals surface area contributed by atoms with Crippen LogP contribution in [0, 0.1) is 0 Å². The molecule has 0 heterocycles. The average molecular weight is 363 g/mol. The Kier molecular flexibility index (Phi) is 7.81. The van der Waals surface area contributed by atoms with Gasteiger partial charge >= 0.3 is 0 Å². The average Bonchev–Trinajstić information content (AvgIpc) is 2.50. The minimum absolute atomic E-state index is 0.0730. The van der Waals surface area contributed by atoms with Crippen molar-refractivity contribution >= 4 is 27.5 Å². The molecule has 1 aromatic carbocycles. The van der Waals surface area contributed by atoms with Crippen molar-refractivity contribution in [1.29, 1.82) is 0 Å². The lowest BCUT2D eigenvalue weighted by atomic mass is 10.2. The standard InChI is InChI=1S/C15H23ClN2O4S/c1-4-5-6-9-17-15(19)11-22-14-8-7-12(10-13(14)16)23(20,21)18(2)3/h7-8,10H,4-6,9,11H2,1-3H3,(H,17,19). The van der Waals surface area contributed by atoms with Gasteiger partial charge in [0.15, 0.2) is 6.61 Å². The molecule has 0 saturated heterocycles. The molecule has 0 fully saturated rings. The summed E-state index contributed by atoms with van der Waals surface area (Å²) in [5.74, 6) is 0.0373. The quantitative estimate of drug-likeness (QED) is 0.684. The normalized spacial score (nSPS) is 11.5. The third kappa shape index (κ3) is 6.01. The second-order valence-corrected chi connectivity index (χ2v) is 7.78. The summed E-state index contributed by atoms with van der Waals surface area (Å²) >= 11 is 6.03. The largest absolute Gasteiger partial charge is 0.482 e. The predicted octanol–water partition coefficient (Wildman–Crippen LogP) is 2.28. The van der Waals surface area contributed by atoms with E-state index < -0.39 is 10.0 Å². The molecule has 0 spiro atoms. The third-order valence-corrected chi connectivity index (χ3v) is 5.25. The first-order valence-corrected chi connectivity index (χ1v) is 9.22. The fourth-order valence-corrected chi connectivity index (χ4v) is 3.00. The maximum absolute atomic E-state index is 12.0. The van der Waals surface area contributed by atoms with Crippen molar-refractivity contribution in [1.82, 2.24) is 9.62 Å². The highest BCUT2D eigenvalue weighted by Gasteiger charge is 2.18. The number of hydrogen-bond donors (Lipinski definition) is 1. The van der Waals surface area contributed by atoms with Crippen LogP contribution in [0.3, 0.4) is 0 Å². The Balaban J connectivity index is 2.61. The van der Waals surface area contributed by atoms with Crippen LogP contribution in [0.15, 0.2) is 23.1 Å². The maximum atomic E-state index is 12.0. The van der Waals surface area contributed by atoms with Gasteiger partial charge in [-0.15, -0.1) is 0 Å². The molecule has 6 nitrogen and oxygen atoms in total. The molecule has 1 amide bonds. The number of halogens is 1. The van der Waals surface area contributed by atoms with Gasteiger partial charge in [0.2, 0.25) is 10.0 Å². The zero-order valence-corrected chi connectivity index (χ0v) is 15.2. The van der Waals surface area contributed by atoms with Crippen LogP contribution in [-0.4, -0.2) is 45.9 Å².